The number of benzene rings is 1. The number of nitrogens with one attached hydrogen (secondary N) is 2. The first-order valence-corrected chi connectivity index (χ1v) is 6.75. The predicted octanol–water partition coefficient (Wildman–Crippen LogP) is 2.56. The number of hydrogen-bond acceptors (Lipinski definition) is 2. The van der Waals surface area contributed by atoms with Crippen LogP contribution in [0.5, 0.6) is 0 Å². The van der Waals surface area contributed by atoms with Gasteiger partial charge in [-0.2, -0.15) is 0 Å². The summed E-state index contributed by atoms with van der Waals surface area (Å²) in [6.07, 6.45) is 2.66. The van der Waals surface area contributed by atoms with E-state index < -0.39 is 0 Å². The molecule has 0 atom stereocenters. The van der Waals surface area contributed by atoms with Gasteiger partial charge < -0.3 is 10.6 Å². The molecule has 1 aromatic rings. The van der Waals surface area contributed by atoms with Crippen LogP contribution in [0.1, 0.15) is 43.5 Å². The second-order valence-electron chi connectivity index (χ2n) is 5.47. The summed E-state index contributed by atoms with van der Waals surface area (Å²) in [5.74, 6) is 0.302. The predicted molar refractivity (Wildman–Crippen MR) is 75.0 cm³/mol. The first-order valence-electron chi connectivity index (χ1n) is 6.75. The third-order valence-electron chi connectivity index (χ3n) is 2.94. The minimum atomic E-state index is -0.0393. The zero-order valence-electron chi connectivity index (χ0n) is 11.4. The van der Waals surface area contributed by atoms with E-state index in [2.05, 4.69) is 10.6 Å². The summed E-state index contributed by atoms with van der Waals surface area (Å²) in [6.45, 7) is 4.01. The van der Waals surface area contributed by atoms with Crippen LogP contribution < -0.4 is 10.6 Å². The monoisotopic (exact) mass is 260 g/mol. The Morgan fingerprint density at radius 3 is 2.37 bits per heavy atom. The van der Waals surface area contributed by atoms with Gasteiger partial charge >= 0.3 is 0 Å². The van der Waals surface area contributed by atoms with Crippen LogP contribution in [0.2, 0.25) is 0 Å². The van der Waals surface area contributed by atoms with Gasteiger partial charge in [0.05, 0.1) is 0 Å². The normalized spacial score (nSPS) is 14.3. The van der Waals surface area contributed by atoms with Gasteiger partial charge in [-0.3, -0.25) is 9.59 Å². The molecular formula is C15H20N2O2. The molecule has 2 amide bonds. The minimum absolute atomic E-state index is 0.00480. The molecule has 2 rings (SSSR count). The topological polar surface area (TPSA) is 58.2 Å². The standard InChI is InChI=1S/C15H20N2O2/c1-10(2)9-14(18)16-12-5-3-11(4-6-12)15(19)17-13-7-8-13/h3-6,10,13H,7-9H2,1-2H3,(H,16,18)(H,17,19). The van der Waals surface area contributed by atoms with Crippen LogP contribution in [0, 0.1) is 5.92 Å². The lowest BCUT2D eigenvalue weighted by Gasteiger charge is -2.08. The van der Waals surface area contributed by atoms with E-state index in [-0.39, 0.29) is 11.8 Å². The number of hydrogen-bond donors (Lipinski definition) is 2. The van der Waals surface area contributed by atoms with E-state index in [0.29, 0.717) is 23.9 Å². The van der Waals surface area contributed by atoms with Gasteiger partial charge in [-0.15, -0.1) is 0 Å². The molecule has 1 saturated carbocycles. The van der Waals surface area contributed by atoms with Gasteiger partial charge in [-0.05, 0) is 43.0 Å². The van der Waals surface area contributed by atoms with Crippen molar-refractivity contribution in [3.63, 3.8) is 0 Å². The van der Waals surface area contributed by atoms with Crippen molar-refractivity contribution in [2.24, 2.45) is 5.92 Å². The van der Waals surface area contributed by atoms with Gasteiger partial charge in [0.2, 0.25) is 5.91 Å². The molecule has 1 aliphatic rings. The number of carbonyl (C=O) groups excluding carboxylic acids is 2. The molecule has 0 saturated heterocycles. The van der Waals surface area contributed by atoms with Gasteiger partial charge in [0, 0.05) is 23.7 Å². The summed E-state index contributed by atoms with van der Waals surface area (Å²) < 4.78 is 0. The highest BCUT2D eigenvalue weighted by Gasteiger charge is 2.23. The van der Waals surface area contributed by atoms with Crippen molar-refractivity contribution in [2.75, 3.05) is 5.32 Å². The van der Waals surface area contributed by atoms with E-state index in [9.17, 15) is 9.59 Å². The highest BCUT2D eigenvalue weighted by molar-refractivity contribution is 5.96. The Labute approximate surface area is 113 Å². The summed E-state index contributed by atoms with van der Waals surface area (Å²) in [4.78, 5) is 23.4. The van der Waals surface area contributed by atoms with E-state index >= 15 is 0 Å². The molecule has 0 aliphatic heterocycles. The maximum atomic E-state index is 11.8. The second kappa shape index (κ2) is 5.87. The molecule has 2 N–H and O–H groups in total. The maximum absolute atomic E-state index is 11.8. The Balaban J connectivity index is 1.90. The molecule has 19 heavy (non-hydrogen) atoms. The lowest BCUT2D eigenvalue weighted by atomic mass is 10.1. The molecule has 4 heteroatoms. The van der Waals surface area contributed by atoms with Gasteiger partial charge in [0.15, 0.2) is 0 Å². The Morgan fingerprint density at radius 1 is 1.21 bits per heavy atom. The second-order valence-corrected chi connectivity index (χ2v) is 5.47. The molecule has 0 unspecified atom stereocenters. The molecule has 1 aromatic carbocycles. The smallest absolute Gasteiger partial charge is 0.251 e. The average molecular weight is 260 g/mol. The van der Waals surface area contributed by atoms with E-state index in [1.165, 1.54) is 0 Å². The number of carbonyl (C=O) groups is 2. The summed E-state index contributed by atoms with van der Waals surface area (Å²) in [5.41, 5.74) is 1.36. The quantitative estimate of drug-likeness (QED) is 0.854. The van der Waals surface area contributed by atoms with E-state index in [0.717, 1.165) is 18.5 Å². The lowest BCUT2D eigenvalue weighted by Crippen LogP contribution is -2.25. The molecular weight excluding hydrogens is 240 g/mol. The highest BCUT2D eigenvalue weighted by Crippen LogP contribution is 2.19. The molecule has 4 nitrogen and oxygen atoms in total. The highest BCUT2D eigenvalue weighted by atomic mass is 16.2. The lowest BCUT2D eigenvalue weighted by molar-refractivity contribution is -0.116. The fourth-order valence-corrected chi connectivity index (χ4v) is 1.78. The maximum Gasteiger partial charge on any atom is 0.251 e. The van der Waals surface area contributed by atoms with Gasteiger partial charge in [-0.1, -0.05) is 13.8 Å². The zero-order valence-corrected chi connectivity index (χ0v) is 11.4. The Hall–Kier alpha value is -1.84. The van der Waals surface area contributed by atoms with Crippen LogP contribution in [-0.2, 0) is 4.79 Å². The van der Waals surface area contributed by atoms with Crippen molar-refractivity contribution in [1.82, 2.24) is 5.32 Å². The summed E-state index contributed by atoms with van der Waals surface area (Å²) in [5, 5.41) is 5.75. The summed E-state index contributed by atoms with van der Waals surface area (Å²) >= 11 is 0. The minimum Gasteiger partial charge on any atom is -0.349 e. The fraction of sp³-hybridized carbons (Fsp3) is 0.467. The van der Waals surface area contributed by atoms with Gasteiger partial charge in [-0.25, -0.2) is 0 Å². The van der Waals surface area contributed by atoms with E-state index in [1.54, 1.807) is 24.3 Å². The summed E-state index contributed by atoms with van der Waals surface area (Å²) in [6, 6.07) is 7.36. The average Bonchev–Trinajstić information content (AvgIpc) is 3.12. The Bertz CT molecular complexity index is 462. The molecule has 0 bridgehead atoms. The van der Waals surface area contributed by atoms with Crippen molar-refractivity contribution >= 4 is 17.5 Å². The van der Waals surface area contributed by atoms with Crippen LogP contribution >= 0.6 is 0 Å². The first kappa shape index (κ1) is 13.6. The molecule has 1 fully saturated rings. The number of amides is 2. The SMILES string of the molecule is CC(C)CC(=O)Nc1ccc(C(=O)NC2CC2)cc1. The zero-order chi connectivity index (χ0) is 13.8. The fourth-order valence-electron chi connectivity index (χ4n) is 1.78. The molecule has 0 aromatic heterocycles. The van der Waals surface area contributed by atoms with E-state index in [1.807, 2.05) is 13.8 Å². The molecule has 0 spiro atoms. The van der Waals surface area contributed by atoms with Crippen LogP contribution in [0.15, 0.2) is 24.3 Å². The van der Waals surface area contributed by atoms with Crippen molar-refractivity contribution in [3.8, 4) is 0 Å². The van der Waals surface area contributed by atoms with Crippen molar-refractivity contribution in [2.45, 2.75) is 39.2 Å². The molecule has 0 heterocycles. The number of rotatable bonds is 5. The van der Waals surface area contributed by atoms with Gasteiger partial charge in [0.1, 0.15) is 0 Å². The van der Waals surface area contributed by atoms with Crippen LogP contribution in [0.25, 0.3) is 0 Å². The van der Waals surface area contributed by atoms with Crippen LogP contribution in [0.4, 0.5) is 5.69 Å². The first-order chi connectivity index (χ1) is 9.04. The largest absolute Gasteiger partial charge is 0.349 e. The molecule has 1 aliphatic carbocycles. The number of anilines is 1. The van der Waals surface area contributed by atoms with Crippen LogP contribution in [0.3, 0.4) is 0 Å². The molecule has 102 valence electrons. The van der Waals surface area contributed by atoms with Crippen LogP contribution in [-0.4, -0.2) is 17.9 Å². The van der Waals surface area contributed by atoms with Crippen molar-refractivity contribution in [3.05, 3.63) is 29.8 Å². The third-order valence-corrected chi connectivity index (χ3v) is 2.94. The Morgan fingerprint density at radius 2 is 1.84 bits per heavy atom. The van der Waals surface area contributed by atoms with Gasteiger partial charge in [0.25, 0.3) is 5.91 Å². The van der Waals surface area contributed by atoms with E-state index in [4.69, 9.17) is 0 Å². The Kier molecular flexibility index (Phi) is 4.20. The van der Waals surface area contributed by atoms with Crippen molar-refractivity contribution < 1.29 is 9.59 Å². The summed E-state index contributed by atoms with van der Waals surface area (Å²) in [7, 11) is 0. The van der Waals surface area contributed by atoms with Crippen molar-refractivity contribution in [1.29, 1.82) is 0 Å². The third kappa shape index (κ3) is 4.39. The molecule has 0 radical (unpaired) electrons.